The molecule has 3 heteroatoms. The van der Waals surface area contributed by atoms with E-state index in [2.05, 4.69) is 18.2 Å². The first-order chi connectivity index (χ1) is 9.79. The van der Waals surface area contributed by atoms with Crippen LogP contribution in [0.2, 0.25) is 0 Å². The van der Waals surface area contributed by atoms with Gasteiger partial charge in [-0.15, -0.1) is 0 Å². The van der Waals surface area contributed by atoms with Gasteiger partial charge in [0.1, 0.15) is 5.58 Å². The van der Waals surface area contributed by atoms with E-state index in [9.17, 15) is 0 Å². The van der Waals surface area contributed by atoms with Gasteiger partial charge >= 0.3 is 0 Å². The van der Waals surface area contributed by atoms with E-state index in [0.717, 1.165) is 16.7 Å². The van der Waals surface area contributed by atoms with Crippen molar-refractivity contribution in [3.05, 3.63) is 65.9 Å². The van der Waals surface area contributed by atoms with Gasteiger partial charge in [0.2, 0.25) is 0 Å². The van der Waals surface area contributed by atoms with E-state index in [4.69, 9.17) is 14.9 Å². The number of fused-ring (bicyclic) bond motifs is 1. The highest BCUT2D eigenvalue weighted by Gasteiger charge is 2.44. The Morgan fingerprint density at radius 2 is 1.70 bits per heavy atom. The summed E-state index contributed by atoms with van der Waals surface area (Å²) in [5, 5.41) is 1.16. The molecular formula is C17H15NO2. The predicted octanol–water partition coefficient (Wildman–Crippen LogP) is 3.33. The van der Waals surface area contributed by atoms with Gasteiger partial charge in [0.05, 0.1) is 24.9 Å². The largest absolute Gasteiger partial charge is 0.464 e. The van der Waals surface area contributed by atoms with E-state index in [1.54, 1.807) is 0 Å². The van der Waals surface area contributed by atoms with Crippen molar-refractivity contribution >= 4 is 16.7 Å². The number of para-hydroxylation sites is 1. The summed E-state index contributed by atoms with van der Waals surface area (Å²) in [7, 11) is 0. The monoisotopic (exact) mass is 265 g/mol. The van der Waals surface area contributed by atoms with Crippen LogP contribution in [0.25, 0.3) is 11.0 Å². The molecule has 0 saturated carbocycles. The van der Waals surface area contributed by atoms with E-state index < -0.39 is 0 Å². The smallest absolute Gasteiger partial charge is 0.134 e. The first-order valence-corrected chi connectivity index (χ1v) is 6.70. The van der Waals surface area contributed by atoms with Crippen LogP contribution in [-0.4, -0.2) is 13.2 Å². The molecule has 4 rings (SSSR count). The van der Waals surface area contributed by atoms with Gasteiger partial charge in [-0.25, -0.2) is 0 Å². The van der Waals surface area contributed by atoms with Gasteiger partial charge in [-0.1, -0.05) is 30.3 Å². The molecule has 0 unspecified atom stereocenters. The number of hydrogen-bond donors (Lipinski definition) is 1. The molecule has 0 spiro atoms. The van der Waals surface area contributed by atoms with Gasteiger partial charge in [0.15, 0.2) is 0 Å². The van der Waals surface area contributed by atoms with Crippen molar-refractivity contribution in [3.63, 3.8) is 0 Å². The lowest BCUT2D eigenvalue weighted by atomic mass is 9.73. The molecule has 1 saturated heterocycles. The minimum Gasteiger partial charge on any atom is -0.464 e. The van der Waals surface area contributed by atoms with Gasteiger partial charge < -0.3 is 14.9 Å². The Labute approximate surface area is 117 Å². The first-order valence-electron chi connectivity index (χ1n) is 6.70. The summed E-state index contributed by atoms with van der Waals surface area (Å²) >= 11 is 0. The van der Waals surface area contributed by atoms with E-state index in [1.165, 1.54) is 11.1 Å². The van der Waals surface area contributed by atoms with Crippen molar-refractivity contribution in [2.45, 2.75) is 5.41 Å². The Morgan fingerprint density at radius 1 is 0.950 bits per heavy atom. The van der Waals surface area contributed by atoms with Crippen molar-refractivity contribution < 1.29 is 9.15 Å². The zero-order valence-electron chi connectivity index (χ0n) is 11.0. The summed E-state index contributed by atoms with van der Waals surface area (Å²) in [6, 6.07) is 16.2. The second kappa shape index (κ2) is 4.12. The number of nitrogens with two attached hydrogens (primary N) is 1. The third kappa shape index (κ3) is 1.50. The van der Waals surface area contributed by atoms with E-state index in [0.29, 0.717) is 13.2 Å². The van der Waals surface area contributed by atoms with Crippen LogP contribution in [0.5, 0.6) is 0 Å². The molecule has 2 heterocycles. The average molecular weight is 265 g/mol. The van der Waals surface area contributed by atoms with Crippen molar-refractivity contribution in [1.29, 1.82) is 0 Å². The second-order valence-corrected chi connectivity index (χ2v) is 5.34. The summed E-state index contributed by atoms with van der Waals surface area (Å²) in [6.45, 7) is 1.36. The van der Waals surface area contributed by atoms with Crippen molar-refractivity contribution in [1.82, 2.24) is 0 Å². The molecule has 3 nitrogen and oxygen atoms in total. The highest BCUT2D eigenvalue weighted by molar-refractivity contribution is 5.83. The number of anilines is 1. The molecule has 0 radical (unpaired) electrons. The zero-order valence-corrected chi connectivity index (χ0v) is 11.0. The normalized spacial score (nSPS) is 17.0. The van der Waals surface area contributed by atoms with Crippen molar-refractivity contribution in [2.24, 2.45) is 0 Å². The van der Waals surface area contributed by atoms with Gasteiger partial charge in [-0.2, -0.15) is 0 Å². The van der Waals surface area contributed by atoms with Crippen LogP contribution in [0.4, 0.5) is 5.69 Å². The Morgan fingerprint density at radius 3 is 2.40 bits per heavy atom. The lowest BCUT2D eigenvalue weighted by Gasteiger charge is -2.41. The standard InChI is InChI=1S/C17H15NO2/c18-13-7-5-12(6-8-13)17(10-19-11-17)15-9-20-16-4-2-1-3-14(15)16/h1-9H,10-11,18H2. The van der Waals surface area contributed by atoms with Crippen LogP contribution < -0.4 is 5.73 Å². The maximum atomic E-state index is 5.79. The molecule has 0 aliphatic carbocycles. The van der Waals surface area contributed by atoms with Crippen LogP contribution in [-0.2, 0) is 10.2 Å². The summed E-state index contributed by atoms with van der Waals surface area (Å²) in [5.74, 6) is 0. The minimum atomic E-state index is -0.111. The summed E-state index contributed by atoms with van der Waals surface area (Å²) < 4.78 is 11.2. The Hall–Kier alpha value is -2.26. The maximum absolute atomic E-state index is 5.79. The first kappa shape index (κ1) is 11.6. The average Bonchev–Trinajstić information content (AvgIpc) is 2.84. The van der Waals surface area contributed by atoms with Gasteiger partial charge in [0.25, 0.3) is 0 Å². The Balaban J connectivity index is 1.91. The topological polar surface area (TPSA) is 48.4 Å². The number of furan rings is 1. The maximum Gasteiger partial charge on any atom is 0.134 e. The van der Waals surface area contributed by atoms with Crippen LogP contribution in [0.3, 0.4) is 0 Å². The lowest BCUT2D eigenvalue weighted by Crippen LogP contribution is -2.47. The summed E-state index contributed by atoms with van der Waals surface area (Å²) in [4.78, 5) is 0. The molecule has 0 amide bonds. The summed E-state index contributed by atoms with van der Waals surface area (Å²) in [5.41, 5.74) is 9.80. The van der Waals surface area contributed by atoms with Crippen LogP contribution in [0, 0.1) is 0 Å². The molecule has 1 aliphatic heterocycles. The van der Waals surface area contributed by atoms with E-state index in [-0.39, 0.29) is 5.41 Å². The number of ether oxygens (including phenoxy) is 1. The minimum absolute atomic E-state index is 0.111. The number of hydrogen-bond acceptors (Lipinski definition) is 3. The fourth-order valence-electron chi connectivity index (χ4n) is 2.93. The van der Waals surface area contributed by atoms with Gasteiger partial charge in [0, 0.05) is 16.6 Å². The van der Waals surface area contributed by atoms with Gasteiger partial charge in [-0.05, 0) is 23.8 Å². The highest BCUT2D eigenvalue weighted by atomic mass is 16.5. The van der Waals surface area contributed by atoms with Crippen LogP contribution in [0.15, 0.2) is 59.2 Å². The number of benzene rings is 2. The Bertz CT molecular complexity index is 754. The molecule has 2 N–H and O–H groups in total. The lowest BCUT2D eigenvalue weighted by molar-refractivity contribution is -0.0376. The molecule has 1 aliphatic rings. The SMILES string of the molecule is Nc1ccc(C2(c3coc4ccccc34)COC2)cc1. The molecule has 1 fully saturated rings. The van der Waals surface area contributed by atoms with E-state index in [1.807, 2.05) is 36.6 Å². The molecule has 0 bridgehead atoms. The second-order valence-electron chi connectivity index (χ2n) is 5.34. The zero-order chi connectivity index (χ0) is 13.6. The predicted molar refractivity (Wildman–Crippen MR) is 78.7 cm³/mol. The van der Waals surface area contributed by atoms with Crippen LogP contribution in [0.1, 0.15) is 11.1 Å². The molecule has 3 aromatic rings. The fourth-order valence-corrected chi connectivity index (χ4v) is 2.93. The molecule has 20 heavy (non-hydrogen) atoms. The molecular weight excluding hydrogens is 250 g/mol. The van der Waals surface area contributed by atoms with Crippen LogP contribution >= 0.6 is 0 Å². The van der Waals surface area contributed by atoms with Gasteiger partial charge in [-0.3, -0.25) is 0 Å². The third-order valence-corrected chi connectivity index (χ3v) is 4.16. The van der Waals surface area contributed by atoms with E-state index >= 15 is 0 Å². The molecule has 2 aromatic carbocycles. The quantitative estimate of drug-likeness (QED) is 0.723. The summed E-state index contributed by atoms with van der Waals surface area (Å²) in [6.07, 6.45) is 1.86. The fraction of sp³-hybridized carbons (Fsp3) is 0.176. The van der Waals surface area contributed by atoms with Crippen molar-refractivity contribution in [2.75, 3.05) is 18.9 Å². The van der Waals surface area contributed by atoms with Crippen molar-refractivity contribution in [3.8, 4) is 0 Å². The number of rotatable bonds is 2. The third-order valence-electron chi connectivity index (χ3n) is 4.16. The molecule has 100 valence electrons. The molecule has 0 atom stereocenters. The Kier molecular flexibility index (Phi) is 2.38. The number of nitrogen functional groups attached to an aromatic ring is 1. The molecule has 1 aromatic heterocycles. The highest BCUT2D eigenvalue weighted by Crippen LogP contribution is 2.43.